The van der Waals surface area contributed by atoms with Gasteiger partial charge in [0.05, 0.1) is 11.3 Å². The first-order chi connectivity index (χ1) is 8.52. The molecule has 2 atom stereocenters. The summed E-state index contributed by atoms with van der Waals surface area (Å²) in [5.41, 5.74) is 1.61. The highest BCUT2D eigenvalue weighted by Gasteiger charge is 2.31. The summed E-state index contributed by atoms with van der Waals surface area (Å²) < 4.78 is 19.5. The minimum absolute atomic E-state index is 0.0732. The largest absolute Gasteiger partial charge is 0.380 e. The smallest absolute Gasteiger partial charge is 0.146 e. The molecule has 18 heavy (non-hydrogen) atoms. The molecule has 2 unspecified atom stereocenters. The van der Waals surface area contributed by atoms with E-state index in [1.165, 1.54) is 6.07 Å². The Bertz CT molecular complexity index is 421. The van der Waals surface area contributed by atoms with Gasteiger partial charge in [-0.2, -0.15) is 0 Å². The van der Waals surface area contributed by atoms with E-state index in [-0.39, 0.29) is 11.4 Å². The van der Waals surface area contributed by atoms with Crippen LogP contribution in [-0.4, -0.2) is 18.2 Å². The zero-order chi connectivity index (χ0) is 13.2. The molecule has 3 heteroatoms. The quantitative estimate of drug-likeness (QED) is 0.880. The third-order valence-corrected chi connectivity index (χ3v) is 3.82. The molecule has 2 nitrogen and oxygen atoms in total. The second-order valence-electron chi connectivity index (χ2n) is 5.47. The first-order valence-electron chi connectivity index (χ1n) is 6.69. The van der Waals surface area contributed by atoms with Crippen LogP contribution in [0.4, 0.5) is 10.1 Å². The molecule has 0 bridgehead atoms. The Kier molecular flexibility index (Phi) is 3.91. The molecule has 1 heterocycles. The predicted octanol–water partition coefficient (Wildman–Crippen LogP) is 3.89. The third-order valence-electron chi connectivity index (χ3n) is 3.82. The van der Waals surface area contributed by atoms with Crippen LogP contribution < -0.4 is 5.32 Å². The maximum absolute atomic E-state index is 13.7. The van der Waals surface area contributed by atoms with Gasteiger partial charge in [0.25, 0.3) is 0 Å². The number of hydrogen-bond acceptors (Lipinski definition) is 2. The van der Waals surface area contributed by atoms with Crippen LogP contribution in [0.15, 0.2) is 18.2 Å². The number of ether oxygens (including phenoxy) is 1. The summed E-state index contributed by atoms with van der Waals surface area (Å²) in [6, 6.07) is 5.48. The number of halogens is 1. The van der Waals surface area contributed by atoms with Crippen LogP contribution in [0.2, 0.25) is 0 Å². The predicted molar refractivity (Wildman–Crippen MR) is 72.4 cm³/mol. The van der Waals surface area contributed by atoms with E-state index in [1.807, 2.05) is 13.0 Å². The van der Waals surface area contributed by atoms with Crippen molar-refractivity contribution >= 4 is 5.69 Å². The Balaban J connectivity index is 2.07. The lowest BCUT2D eigenvalue weighted by Crippen LogP contribution is -2.42. The van der Waals surface area contributed by atoms with Gasteiger partial charge in [-0.15, -0.1) is 0 Å². The van der Waals surface area contributed by atoms with E-state index in [0.29, 0.717) is 11.7 Å². The molecule has 1 aliphatic heterocycles. The molecule has 1 saturated heterocycles. The van der Waals surface area contributed by atoms with Gasteiger partial charge in [0.1, 0.15) is 5.82 Å². The van der Waals surface area contributed by atoms with Gasteiger partial charge in [-0.25, -0.2) is 4.39 Å². The molecule has 0 saturated carbocycles. The van der Waals surface area contributed by atoms with Gasteiger partial charge in [0.15, 0.2) is 0 Å². The highest BCUT2D eigenvalue weighted by Crippen LogP contribution is 2.30. The minimum Gasteiger partial charge on any atom is -0.380 e. The molecule has 2 rings (SSSR count). The fraction of sp³-hybridized carbons (Fsp3) is 0.600. The average molecular weight is 251 g/mol. The van der Waals surface area contributed by atoms with Crippen molar-refractivity contribution in [2.45, 2.75) is 51.7 Å². The topological polar surface area (TPSA) is 21.3 Å². The summed E-state index contributed by atoms with van der Waals surface area (Å²) in [6.07, 6.45) is 2.85. The summed E-state index contributed by atoms with van der Waals surface area (Å²) in [7, 11) is 0. The van der Waals surface area contributed by atoms with Crippen molar-refractivity contribution < 1.29 is 9.13 Å². The van der Waals surface area contributed by atoms with Crippen molar-refractivity contribution in [3.8, 4) is 0 Å². The highest BCUT2D eigenvalue weighted by atomic mass is 19.1. The standard InChI is InChI=1S/C15H22FNO/c1-4-15(3)10-12(7-8-18-15)17-14-9-11(2)5-6-13(14)16/h5-6,9,12,17H,4,7-8,10H2,1-3H3. The summed E-state index contributed by atoms with van der Waals surface area (Å²) >= 11 is 0. The first-order valence-corrected chi connectivity index (χ1v) is 6.69. The van der Waals surface area contributed by atoms with Gasteiger partial charge in [0.2, 0.25) is 0 Å². The maximum Gasteiger partial charge on any atom is 0.146 e. The molecule has 0 aromatic heterocycles. The Morgan fingerprint density at radius 1 is 1.50 bits per heavy atom. The van der Waals surface area contributed by atoms with Crippen molar-refractivity contribution in [1.82, 2.24) is 0 Å². The maximum atomic E-state index is 13.7. The van der Waals surface area contributed by atoms with Crippen molar-refractivity contribution in [1.29, 1.82) is 0 Å². The van der Waals surface area contributed by atoms with Crippen LogP contribution in [0.25, 0.3) is 0 Å². The van der Waals surface area contributed by atoms with Crippen LogP contribution in [-0.2, 0) is 4.74 Å². The lowest BCUT2D eigenvalue weighted by molar-refractivity contribution is -0.0709. The lowest BCUT2D eigenvalue weighted by Gasteiger charge is -2.38. The van der Waals surface area contributed by atoms with Crippen LogP contribution in [0, 0.1) is 12.7 Å². The molecule has 1 fully saturated rings. The number of nitrogens with one attached hydrogen (secondary N) is 1. The molecule has 0 aliphatic carbocycles. The number of benzene rings is 1. The van der Waals surface area contributed by atoms with E-state index >= 15 is 0 Å². The van der Waals surface area contributed by atoms with Crippen LogP contribution >= 0.6 is 0 Å². The van der Waals surface area contributed by atoms with Gasteiger partial charge in [-0.1, -0.05) is 13.0 Å². The minimum atomic E-state index is -0.176. The third kappa shape index (κ3) is 3.02. The summed E-state index contributed by atoms with van der Waals surface area (Å²) in [5.74, 6) is -0.176. The molecule has 1 aromatic rings. The molecule has 0 amide bonds. The molecule has 0 spiro atoms. The zero-order valence-corrected chi connectivity index (χ0v) is 11.4. The SMILES string of the molecule is CCC1(C)CC(Nc2cc(C)ccc2F)CCO1. The molecule has 100 valence electrons. The molecule has 1 N–H and O–H groups in total. The average Bonchev–Trinajstić information content (AvgIpc) is 2.34. The fourth-order valence-corrected chi connectivity index (χ4v) is 2.47. The summed E-state index contributed by atoms with van der Waals surface area (Å²) in [6.45, 7) is 6.99. The van der Waals surface area contributed by atoms with Crippen molar-refractivity contribution in [2.24, 2.45) is 0 Å². The number of rotatable bonds is 3. The first kappa shape index (κ1) is 13.3. The van der Waals surface area contributed by atoms with Gasteiger partial charge in [0, 0.05) is 12.6 Å². The number of anilines is 1. The second-order valence-corrected chi connectivity index (χ2v) is 5.47. The Hall–Kier alpha value is -1.09. The monoisotopic (exact) mass is 251 g/mol. The van der Waals surface area contributed by atoms with Gasteiger partial charge in [-0.3, -0.25) is 0 Å². The molecular weight excluding hydrogens is 229 g/mol. The van der Waals surface area contributed by atoms with E-state index in [1.54, 1.807) is 6.07 Å². The van der Waals surface area contributed by atoms with Crippen molar-refractivity contribution in [3.63, 3.8) is 0 Å². The zero-order valence-electron chi connectivity index (χ0n) is 11.4. The van der Waals surface area contributed by atoms with E-state index < -0.39 is 0 Å². The highest BCUT2D eigenvalue weighted by molar-refractivity contribution is 5.47. The summed E-state index contributed by atoms with van der Waals surface area (Å²) in [5, 5.41) is 3.32. The summed E-state index contributed by atoms with van der Waals surface area (Å²) in [4.78, 5) is 0. The fourth-order valence-electron chi connectivity index (χ4n) is 2.47. The normalized spacial score (nSPS) is 28.1. The molecule has 0 radical (unpaired) electrons. The van der Waals surface area contributed by atoms with E-state index in [4.69, 9.17) is 4.74 Å². The molecule has 1 aliphatic rings. The second kappa shape index (κ2) is 5.27. The van der Waals surface area contributed by atoms with Crippen LogP contribution in [0.1, 0.15) is 38.7 Å². The Labute approximate surface area is 109 Å². The lowest BCUT2D eigenvalue weighted by atomic mass is 9.90. The van der Waals surface area contributed by atoms with Crippen molar-refractivity contribution in [3.05, 3.63) is 29.6 Å². The molecule has 1 aromatic carbocycles. The Morgan fingerprint density at radius 3 is 3.00 bits per heavy atom. The van der Waals surface area contributed by atoms with Gasteiger partial charge in [-0.05, 0) is 50.8 Å². The van der Waals surface area contributed by atoms with Crippen LogP contribution in [0.5, 0.6) is 0 Å². The van der Waals surface area contributed by atoms with E-state index in [2.05, 4.69) is 19.2 Å². The Morgan fingerprint density at radius 2 is 2.28 bits per heavy atom. The van der Waals surface area contributed by atoms with Gasteiger partial charge >= 0.3 is 0 Å². The van der Waals surface area contributed by atoms with Crippen LogP contribution in [0.3, 0.4) is 0 Å². The van der Waals surface area contributed by atoms with Gasteiger partial charge < -0.3 is 10.1 Å². The number of aryl methyl sites for hydroxylation is 1. The van der Waals surface area contributed by atoms with E-state index in [0.717, 1.165) is 31.4 Å². The van der Waals surface area contributed by atoms with Crippen molar-refractivity contribution in [2.75, 3.05) is 11.9 Å². The molecular formula is C15H22FNO. The number of hydrogen-bond donors (Lipinski definition) is 1. The van der Waals surface area contributed by atoms with E-state index in [9.17, 15) is 4.39 Å².